The van der Waals surface area contributed by atoms with Gasteiger partial charge in [0.15, 0.2) is 0 Å². The van der Waals surface area contributed by atoms with Gasteiger partial charge in [-0.1, -0.05) is 29.8 Å². The SMILES string of the molecule is Cc1cccc(CSc2ncc(N)cc2C#N)c1. The Morgan fingerprint density at radius 2 is 2.22 bits per heavy atom. The van der Waals surface area contributed by atoms with Crippen LogP contribution in [-0.2, 0) is 5.75 Å². The Morgan fingerprint density at radius 3 is 2.94 bits per heavy atom. The van der Waals surface area contributed by atoms with Crippen LogP contribution in [0.15, 0.2) is 41.6 Å². The van der Waals surface area contributed by atoms with Gasteiger partial charge in [-0.25, -0.2) is 4.98 Å². The van der Waals surface area contributed by atoms with Crippen molar-refractivity contribution in [2.75, 3.05) is 5.73 Å². The molecule has 0 fully saturated rings. The van der Waals surface area contributed by atoms with Gasteiger partial charge in [-0.05, 0) is 18.6 Å². The van der Waals surface area contributed by atoms with Gasteiger partial charge in [0.2, 0.25) is 0 Å². The standard InChI is InChI=1S/C14H13N3S/c1-10-3-2-4-11(5-10)9-18-14-12(7-15)6-13(16)8-17-14/h2-6,8H,9,16H2,1H3. The van der Waals surface area contributed by atoms with Crippen LogP contribution in [0, 0.1) is 18.3 Å². The molecule has 0 saturated heterocycles. The summed E-state index contributed by atoms with van der Waals surface area (Å²) in [4.78, 5) is 4.20. The molecular formula is C14H13N3S. The molecule has 0 amide bonds. The zero-order valence-electron chi connectivity index (χ0n) is 10.1. The van der Waals surface area contributed by atoms with E-state index in [2.05, 4.69) is 36.2 Å². The second kappa shape index (κ2) is 5.56. The number of pyridine rings is 1. The van der Waals surface area contributed by atoms with Gasteiger partial charge in [-0.2, -0.15) is 5.26 Å². The maximum absolute atomic E-state index is 9.03. The predicted molar refractivity (Wildman–Crippen MR) is 74.1 cm³/mol. The fraction of sp³-hybridized carbons (Fsp3) is 0.143. The van der Waals surface area contributed by atoms with E-state index in [1.165, 1.54) is 11.1 Å². The Morgan fingerprint density at radius 1 is 1.39 bits per heavy atom. The van der Waals surface area contributed by atoms with Crippen LogP contribution in [0.1, 0.15) is 16.7 Å². The highest BCUT2D eigenvalue weighted by atomic mass is 32.2. The van der Waals surface area contributed by atoms with E-state index in [9.17, 15) is 0 Å². The third-order valence-corrected chi connectivity index (χ3v) is 3.53. The first-order valence-corrected chi connectivity index (χ1v) is 6.51. The summed E-state index contributed by atoms with van der Waals surface area (Å²) >= 11 is 1.55. The number of aryl methyl sites for hydroxylation is 1. The fourth-order valence-corrected chi connectivity index (χ4v) is 2.49. The normalized spacial score (nSPS) is 10.0. The van der Waals surface area contributed by atoms with Crippen molar-refractivity contribution < 1.29 is 0 Å². The second-order valence-electron chi connectivity index (χ2n) is 4.01. The maximum atomic E-state index is 9.03. The van der Waals surface area contributed by atoms with E-state index in [0.29, 0.717) is 11.3 Å². The first kappa shape index (κ1) is 12.5. The summed E-state index contributed by atoms with van der Waals surface area (Å²) in [5, 5.41) is 9.76. The van der Waals surface area contributed by atoms with E-state index in [-0.39, 0.29) is 0 Å². The van der Waals surface area contributed by atoms with Gasteiger partial charge in [0.05, 0.1) is 17.4 Å². The first-order chi connectivity index (χ1) is 8.69. The summed E-state index contributed by atoms with van der Waals surface area (Å²) < 4.78 is 0. The Hall–Kier alpha value is -1.99. The largest absolute Gasteiger partial charge is 0.397 e. The lowest BCUT2D eigenvalue weighted by atomic mass is 10.2. The quantitative estimate of drug-likeness (QED) is 0.856. The molecule has 0 saturated carbocycles. The molecule has 2 N–H and O–H groups in total. The molecule has 4 heteroatoms. The van der Waals surface area contributed by atoms with Crippen LogP contribution >= 0.6 is 11.8 Å². The summed E-state index contributed by atoms with van der Waals surface area (Å²) in [5.41, 5.74) is 9.12. The summed E-state index contributed by atoms with van der Waals surface area (Å²) in [6, 6.07) is 12.1. The van der Waals surface area contributed by atoms with Crippen LogP contribution in [0.5, 0.6) is 0 Å². The molecule has 0 atom stereocenters. The van der Waals surface area contributed by atoms with Gasteiger partial charge in [0, 0.05) is 5.75 Å². The Bertz CT molecular complexity index is 602. The highest BCUT2D eigenvalue weighted by Crippen LogP contribution is 2.25. The number of nitrogens with zero attached hydrogens (tertiary/aromatic N) is 2. The van der Waals surface area contributed by atoms with Crippen molar-refractivity contribution >= 4 is 17.4 Å². The number of rotatable bonds is 3. The van der Waals surface area contributed by atoms with Crippen molar-refractivity contribution in [3.8, 4) is 6.07 Å². The molecule has 0 radical (unpaired) electrons. The number of nitrogen functional groups attached to an aromatic ring is 1. The fourth-order valence-electron chi connectivity index (χ4n) is 1.62. The minimum Gasteiger partial charge on any atom is -0.397 e. The molecule has 0 spiro atoms. The summed E-state index contributed by atoms with van der Waals surface area (Å²) in [7, 11) is 0. The highest BCUT2D eigenvalue weighted by molar-refractivity contribution is 7.98. The molecule has 1 aromatic heterocycles. The van der Waals surface area contributed by atoms with Gasteiger partial charge >= 0.3 is 0 Å². The Balaban J connectivity index is 2.14. The number of anilines is 1. The van der Waals surface area contributed by atoms with Crippen molar-refractivity contribution in [1.82, 2.24) is 4.98 Å². The highest BCUT2D eigenvalue weighted by Gasteiger charge is 2.05. The average Bonchev–Trinajstić information content (AvgIpc) is 2.37. The Labute approximate surface area is 111 Å². The first-order valence-electron chi connectivity index (χ1n) is 5.53. The van der Waals surface area contributed by atoms with Crippen molar-refractivity contribution in [3.05, 3.63) is 53.2 Å². The monoisotopic (exact) mass is 255 g/mol. The molecule has 90 valence electrons. The van der Waals surface area contributed by atoms with E-state index in [0.717, 1.165) is 10.8 Å². The number of aromatic nitrogens is 1. The van der Waals surface area contributed by atoms with Crippen LogP contribution in [0.4, 0.5) is 5.69 Å². The maximum Gasteiger partial charge on any atom is 0.114 e. The topological polar surface area (TPSA) is 62.7 Å². The number of hydrogen-bond acceptors (Lipinski definition) is 4. The number of hydrogen-bond donors (Lipinski definition) is 1. The molecule has 2 rings (SSSR count). The predicted octanol–water partition coefficient (Wildman–Crippen LogP) is 3.14. The van der Waals surface area contributed by atoms with Gasteiger partial charge < -0.3 is 5.73 Å². The van der Waals surface area contributed by atoms with Crippen LogP contribution in [0.3, 0.4) is 0 Å². The molecule has 0 unspecified atom stereocenters. The van der Waals surface area contributed by atoms with Crippen molar-refractivity contribution in [2.45, 2.75) is 17.7 Å². The van der Waals surface area contributed by atoms with Crippen LogP contribution in [0.2, 0.25) is 0 Å². The van der Waals surface area contributed by atoms with Gasteiger partial charge in [-0.3, -0.25) is 0 Å². The molecule has 0 aliphatic heterocycles. The average molecular weight is 255 g/mol. The lowest BCUT2D eigenvalue weighted by molar-refractivity contribution is 1.11. The van der Waals surface area contributed by atoms with Crippen LogP contribution in [-0.4, -0.2) is 4.98 Å². The number of benzene rings is 1. The summed E-state index contributed by atoms with van der Waals surface area (Å²) in [6.45, 7) is 2.07. The third-order valence-electron chi connectivity index (χ3n) is 2.45. The molecule has 3 nitrogen and oxygen atoms in total. The van der Waals surface area contributed by atoms with E-state index in [1.54, 1.807) is 24.0 Å². The minimum absolute atomic E-state index is 0.520. The van der Waals surface area contributed by atoms with Crippen LogP contribution < -0.4 is 5.73 Å². The Kier molecular flexibility index (Phi) is 3.85. The summed E-state index contributed by atoms with van der Waals surface area (Å²) in [6.07, 6.45) is 1.58. The lowest BCUT2D eigenvalue weighted by Crippen LogP contribution is -1.92. The number of nitrogens with two attached hydrogens (primary N) is 1. The summed E-state index contributed by atoms with van der Waals surface area (Å²) in [5.74, 6) is 0.799. The van der Waals surface area contributed by atoms with E-state index in [1.807, 2.05) is 6.07 Å². The van der Waals surface area contributed by atoms with E-state index in [4.69, 9.17) is 11.0 Å². The van der Waals surface area contributed by atoms with Crippen molar-refractivity contribution in [1.29, 1.82) is 5.26 Å². The molecule has 1 aromatic carbocycles. The molecule has 2 aromatic rings. The van der Waals surface area contributed by atoms with E-state index < -0.39 is 0 Å². The number of thioether (sulfide) groups is 1. The lowest BCUT2D eigenvalue weighted by Gasteiger charge is -2.04. The molecule has 0 bridgehead atoms. The minimum atomic E-state index is 0.520. The zero-order chi connectivity index (χ0) is 13.0. The second-order valence-corrected chi connectivity index (χ2v) is 4.97. The molecule has 0 aliphatic rings. The van der Waals surface area contributed by atoms with Crippen LogP contribution in [0.25, 0.3) is 0 Å². The molecule has 0 aliphatic carbocycles. The zero-order valence-corrected chi connectivity index (χ0v) is 10.9. The van der Waals surface area contributed by atoms with Crippen molar-refractivity contribution in [2.24, 2.45) is 0 Å². The van der Waals surface area contributed by atoms with E-state index >= 15 is 0 Å². The molecular weight excluding hydrogens is 242 g/mol. The van der Waals surface area contributed by atoms with Crippen molar-refractivity contribution in [3.63, 3.8) is 0 Å². The van der Waals surface area contributed by atoms with Gasteiger partial charge in [0.25, 0.3) is 0 Å². The molecule has 18 heavy (non-hydrogen) atoms. The van der Waals surface area contributed by atoms with Gasteiger partial charge in [0.1, 0.15) is 11.1 Å². The third kappa shape index (κ3) is 3.02. The number of nitriles is 1. The van der Waals surface area contributed by atoms with Gasteiger partial charge in [-0.15, -0.1) is 11.8 Å². The smallest absolute Gasteiger partial charge is 0.114 e. The molecule has 1 heterocycles.